The Labute approximate surface area is 172 Å². The van der Waals surface area contributed by atoms with Crippen molar-refractivity contribution in [3.05, 3.63) is 88.9 Å². The van der Waals surface area contributed by atoms with Gasteiger partial charge in [-0.1, -0.05) is 48.0 Å². The fourth-order valence-corrected chi connectivity index (χ4v) is 2.90. The Morgan fingerprint density at radius 3 is 2.00 bits per heavy atom. The molecule has 0 radical (unpaired) electrons. The summed E-state index contributed by atoms with van der Waals surface area (Å²) in [7, 11) is 0. The Balaban J connectivity index is 1.62. The first-order valence-corrected chi connectivity index (χ1v) is 9.15. The fourth-order valence-electron chi connectivity index (χ4n) is 2.66. The molecule has 0 heterocycles. The summed E-state index contributed by atoms with van der Waals surface area (Å²) in [5.74, 6) is -0.881. The Morgan fingerprint density at radius 2 is 1.41 bits per heavy atom. The molecule has 0 aromatic heterocycles. The smallest absolute Gasteiger partial charge is 0.338 e. The molecule has 146 valence electrons. The molecule has 0 aliphatic heterocycles. The number of esters is 2. The zero-order valence-electron chi connectivity index (χ0n) is 15.6. The fraction of sp³-hybridized carbons (Fsp3) is 0.0870. The lowest BCUT2D eigenvalue weighted by molar-refractivity contribution is -0.131. The number of hydrogen-bond donors (Lipinski definition) is 0. The Bertz CT molecular complexity index is 1040. The molecule has 0 unspecified atom stereocenters. The molecule has 0 saturated heterocycles. The molecule has 0 N–H and O–H groups in total. The van der Waals surface area contributed by atoms with Crippen molar-refractivity contribution in [3.63, 3.8) is 0 Å². The average molecular weight is 409 g/mol. The topological polar surface area (TPSA) is 69.7 Å². The average Bonchev–Trinajstić information content (AvgIpc) is 2.72. The van der Waals surface area contributed by atoms with E-state index in [4.69, 9.17) is 21.1 Å². The molecule has 0 saturated carbocycles. The number of ketones is 1. The maximum atomic E-state index is 12.2. The zero-order chi connectivity index (χ0) is 20.8. The second-order valence-electron chi connectivity index (χ2n) is 6.17. The first kappa shape index (κ1) is 20.3. The first-order valence-electron chi connectivity index (χ1n) is 8.78. The molecular formula is C23H17ClO5. The van der Waals surface area contributed by atoms with E-state index in [9.17, 15) is 14.4 Å². The van der Waals surface area contributed by atoms with E-state index >= 15 is 0 Å². The lowest BCUT2D eigenvalue weighted by Gasteiger charge is -2.07. The van der Waals surface area contributed by atoms with Gasteiger partial charge in [-0.15, -0.1) is 0 Å². The van der Waals surface area contributed by atoms with Crippen LogP contribution in [0.2, 0.25) is 5.02 Å². The number of halogens is 1. The van der Waals surface area contributed by atoms with Crippen LogP contribution in [0.1, 0.15) is 27.6 Å². The molecule has 6 heteroatoms. The second-order valence-corrected chi connectivity index (χ2v) is 6.58. The standard InChI is InChI=1S/C23H17ClO5/c1-15(25)29-19-12-10-17(11-13-19)16-6-8-18(9-7-16)23(27)28-14-22(26)20-4-2-3-5-21(20)24/h2-13H,14H2,1H3. The molecule has 3 rings (SSSR count). The number of benzene rings is 3. The van der Waals surface area contributed by atoms with Crippen molar-refractivity contribution in [1.29, 1.82) is 0 Å². The van der Waals surface area contributed by atoms with E-state index in [-0.39, 0.29) is 18.4 Å². The van der Waals surface area contributed by atoms with Crippen molar-refractivity contribution >= 4 is 29.3 Å². The molecule has 0 aliphatic rings. The summed E-state index contributed by atoms with van der Waals surface area (Å²) in [5, 5.41) is 0.317. The predicted octanol–water partition coefficient (Wildman–Crippen LogP) is 4.97. The van der Waals surface area contributed by atoms with Crippen LogP contribution in [0.25, 0.3) is 11.1 Å². The van der Waals surface area contributed by atoms with E-state index in [0.717, 1.165) is 11.1 Å². The van der Waals surface area contributed by atoms with Gasteiger partial charge in [0, 0.05) is 12.5 Å². The van der Waals surface area contributed by atoms with Crippen molar-refractivity contribution in [1.82, 2.24) is 0 Å². The van der Waals surface area contributed by atoms with E-state index in [2.05, 4.69) is 0 Å². The van der Waals surface area contributed by atoms with Crippen LogP contribution in [0.15, 0.2) is 72.8 Å². The third kappa shape index (κ3) is 5.30. The Morgan fingerprint density at radius 1 is 0.828 bits per heavy atom. The Hall–Kier alpha value is -3.44. The van der Waals surface area contributed by atoms with Crippen LogP contribution in [-0.4, -0.2) is 24.3 Å². The molecule has 0 spiro atoms. The highest BCUT2D eigenvalue weighted by Crippen LogP contribution is 2.23. The van der Waals surface area contributed by atoms with Gasteiger partial charge < -0.3 is 9.47 Å². The monoisotopic (exact) mass is 408 g/mol. The van der Waals surface area contributed by atoms with Gasteiger partial charge in [0.2, 0.25) is 5.78 Å². The number of carbonyl (C=O) groups excluding carboxylic acids is 3. The van der Waals surface area contributed by atoms with Gasteiger partial charge in [-0.05, 0) is 47.5 Å². The summed E-state index contributed by atoms with van der Waals surface area (Å²) in [5.41, 5.74) is 2.42. The molecular weight excluding hydrogens is 392 g/mol. The summed E-state index contributed by atoms with van der Waals surface area (Å²) < 4.78 is 10.1. The van der Waals surface area contributed by atoms with Gasteiger partial charge in [-0.2, -0.15) is 0 Å². The summed E-state index contributed by atoms with van der Waals surface area (Å²) in [6.45, 7) is 0.954. The van der Waals surface area contributed by atoms with Crippen molar-refractivity contribution in [2.45, 2.75) is 6.92 Å². The molecule has 29 heavy (non-hydrogen) atoms. The highest BCUT2D eigenvalue weighted by atomic mass is 35.5. The molecule has 3 aromatic carbocycles. The van der Waals surface area contributed by atoms with Crippen LogP contribution in [0.3, 0.4) is 0 Å². The summed E-state index contributed by atoms with van der Waals surface area (Å²) in [4.78, 5) is 35.3. The van der Waals surface area contributed by atoms with Crippen molar-refractivity contribution in [3.8, 4) is 16.9 Å². The van der Waals surface area contributed by atoms with Crippen molar-refractivity contribution in [2.24, 2.45) is 0 Å². The normalized spacial score (nSPS) is 10.3. The minimum atomic E-state index is -0.595. The van der Waals surface area contributed by atoms with Gasteiger partial charge in [0.05, 0.1) is 10.6 Å². The van der Waals surface area contributed by atoms with Crippen LogP contribution < -0.4 is 4.74 Å². The van der Waals surface area contributed by atoms with E-state index < -0.39 is 5.97 Å². The van der Waals surface area contributed by atoms with Crippen LogP contribution in [0.4, 0.5) is 0 Å². The zero-order valence-corrected chi connectivity index (χ0v) is 16.3. The highest BCUT2D eigenvalue weighted by Gasteiger charge is 2.14. The molecule has 0 aliphatic carbocycles. The number of ether oxygens (including phenoxy) is 2. The SMILES string of the molecule is CC(=O)Oc1ccc(-c2ccc(C(=O)OCC(=O)c3ccccc3Cl)cc2)cc1. The van der Waals surface area contributed by atoms with E-state index in [1.807, 2.05) is 12.1 Å². The molecule has 0 bridgehead atoms. The van der Waals surface area contributed by atoms with E-state index in [0.29, 0.717) is 21.9 Å². The highest BCUT2D eigenvalue weighted by molar-refractivity contribution is 6.34. The molecule has 0 amide bonds. The second kappa shape index (κ2) is 9.17. The summed E-state index contributed by atoms with van der Waals surface area (Å²) >= 11 is 5.98. The quantitative estimate of drug-likeness (QED) is 0.327. The number of rotatable bonds is 6. The van der Waals surface area contributed by atoms with E-state index in [1.165, 1.54) is 6.92 Å². The molecule has 5 nitrogen and oxygen atoms in total. The van der Waals surface area contributed by atoms with Gasteiger partial charge >= 0.3 is 11.9 Å². The maximum Gasteiger partial charge on any atom is 0.338 e. The molecule has 3 aromatic rings. The number of Topliss-reactive ketones (excluding diaryl/α,β-unsaturated/α-hetero) is 1. The minimum Gasteiger partial charge on any atom is -0.454 e. The van der Waals surface area contributed by atoms with Gasteiger partial charge in [-0.25, -0.2) is 4.79 Å². The van der Waals surface area contributed by atoms with Crippen LogP contribution in [0, 0.1) is 0 Å². The Kier molecular flexibility index (Phi) is 6.42. The third-order valence-electron chi connectivity index (χ3n) is 4.08. The van der Waals surface area contributed by atoms with Crippen LogP contribution in [-0.2, 0) is 9.53 Å². The van der Waals surface area contributed by atoms with Crippen LogP contribution >= 0.6 is 11.6 Å². The summed E-state index contributed by atoms with van der Waals surface area (Å²) in [6, 6.07) is 20.4. The van der Waals surface area contributed by atoms with Crippen molar-refractivity contribution < 1.29 is 23.9 Å². The lowest BCUT2D eigenvalue weighted by Crippen LogP contribution is -2.14. The van der Waals surface area contributed by atoms with Gasteiger partial charge in [0.25, 0.3) is 0 Å². The first-order chi connectivity index (χ1) is 13.9. The molecule has 0 atom stereocenters. The molecule has 0 fully saturated rings. The number of hydrogen-bond acceptors (Lipinski definition) is 5. The number of carbonyl (C=O) groups is 3. The van der Waals surface area contributed by atoms with Crippen LogP contribution in [0.5, 0.6) is 5.75 Å². The maximum absolute atomic E-state index is 12.2. The van der Waals surface area contributed by atoms with Gasteiger partial charge in [-0.3, -0.25) is 9.59 Å². The minimum absolute atomic E-state index is 0.314. The van der Waals surface area contributed by atoms with Gasteiger partial charge in [0.15, 0.2) is 6.61 Å². The van der Waals surface area contributed by atoms with Gasteiger partial charge in [0.1, 0.15) is 5.75 Å². The van der Waals surface area contributed by atoms with E-state index in [1.54, 1.807) is 60.7 Å². The van der Waals surface area contributed by atoms with Crippen molar-refractivity contribution in [2.75, 3.05) is 6.61 Å². The lowest BCUT2D eigenvalue weighted by atomic mass is 10.0. The predicted molar refractivity (Wildman–Crippen MR) is 109 cm³/mol. The largest absolute Gasteiger partial charge is 0.454 e. The summed E-state index contributed by atoms with van der Waals surface area (Å²) in [6.07, 6.45) is 0. The third-order valence-corrected chi connectivity index (χ3v) is 4.41.